The predicted octanol–water partition coefficient (Wildman–Crippen LogP) is -2.78. The van der Waals surface area contributed by atoms with E-state index >= 15 is 0 Å². The van der Waals surface area contributed by atoms with E-state index in [4.69, 9.17) is 20.4 Å². The van der Waals surface area contributed by atoms with Crippen LogP contribution in [0.4, 0.5) is 0 Å². The van der Waals surface area contributed by atoms with Crippen LogP contribution in [0.15, 0.2) is 0 Å². The van der Waals surface area contributed by atoms with Crippen molar-refractivity contribution in [2.75, 3.05) is 6.61 Å². The summed E-state index contributed by atoms with van der Waals surface area (Å²) in [5, 5.41) is 35.1. The average molecular weight is 192 g/mol. The summed E-state index contributed by atoms with van der Waals surface area (Å²) in [5.41, 5.74) is 0. The number of Topliss-reactive ketones (excluding diaryl/α,β-unsaturated/α-hetero) is 2. The van der Waals surface area contributed by atoms with E-state index in [1.54, 1.807) is 0 Å². The summed E-state index contributed by atoms with van der Waals surface area (Å²) in [6.07, 6.45) is -5.47. The first-order valence-corrected chi connectivity index (χ1v) is 3.61. The molecule has 0 aromatic carbocycles. The fourth-order valence-electron chi connectivity index (χ4n) is 0.682. The highest BCUT2D eigenvalue weighted by atomic mass is 16.4. The molecule has 4 N–H and O–H groups in total. The van der Waals surface area contributed by atoms with Crippen molar-refractivity contribution in [3.63, 3.8) is 0 Å². The Hall–Kier alpha value is -0.820. The van der Waals surface area contributed by atoms with Gasteiger partial charge < -0.3 is 20.4 Å². The summed E-state index contributed by atoms with van der Waals surface area (Å²) < 4.78 is 0. The SMILES string of the molecule is CC(=O)C(=O)[C@H](O)[C@H](O)[C@H](O)CO. The highest BCUT2D eigenvalue weighted by molar-refractivity contribution is 6.38. The van der Waals surface area contributed by atoms with E-state index in [1.165, 1.54) is 0 Å². The number of ketones is 2. The molecule has 0 heterocycles. The van der Waals surface area contributed by atoms with Crippen LogP contribution in [0.3, 0.4) is 0 Å². The maximum absolute atomic E-state index is 10.8. The molecule has 0 amide bonds. The highest BCUT2D eigenvalue weighted by Crippen LogP contribution is 2.01. The number of hydrogen-bond acceptors (Lipinski definition) is 6. The summed E-state index contributed by atoms with van der Waals surface area (Å²) in [5.74, 6) is -2.11. The summed E-state index contributed by atoms with van der Waals surface area (Å²) in [6.45, 7) is 0.132. The number of rotatable bonds is 5. The first-order chi connectivity index (χ1) is 5.91. The minimum absolute atomic E-state index is 0.802. The quantitative estimate of drug-likeness (QED) is 0.350. The molecule has 0 spiro atoms. The zero-order valence-corrected chi connectivity index (χ0v) is 7.04. The van der Waals surface area contributed by atoms with Crippen LogP contribution in [0.5, 0.6) is 0 Å². The molecule has 0 aliphatic heterocycles. The van der Waals surface area contributed by atoms with E-state index < -0.39 is 36.5 Å². The molecule has 0 unspecified atom stereocenters. The van der Waals surface area contributed by atoms with Crippen LogP contribution in [-0.4, -0.2) is 56.9 Å². The van der Waals surface area contributed by atoms with E-state index in [1.807, 2.05) is 0 Å². The van der Waals surface area contributed by atoms with Crippen LogP contribution in [0.1, 0.15) is 6.92 Å². The summed E-state index contributed by atoms with van der Waals surface area (Å²) >= 11 is 0. The lowest BCUT2D eigenvalue weighted by Crippen LogP contribution is -2.45. The lowest BCUT2D eigenvalue weighted by molar-refractivity contribution is -0.149. The van der Waals surface area contributed by atoms with Crippen molar-refractivity contribution in [2.45, 2.75) is 25.2 Å². The van der Waals surface area contributed by atoms with Crippen LogP contribution in [0.2, 0.25) is 0 Å². The van der Waals surface area contributed by atoms with Crippen LogP contribution < -0.4 is 0 Å². The second-order valence-corrected chi connectivity index (χ2v) is 2.61. The van der Waals surface area contributed by atoms with Gasteiger partial charge in [0.25, 0.3) is 0 Å². The van der Waals surface area contributed by atoms with Gasteiger partial charge in [-0.15, -0.1) is 0 Å². The van der Waals surface area contributed by atoms with Gasteiger partial charge in [-0.1, -0.05) is 0 Å². The number of hydrogen-bond donors (Lipinski definition) is 4. The third-order valence-corrected chi connectivity index (χ3v) is 1.52. The van der Waals surface area contributed by atoms with Gasteiger partial charge >= 0.3 is 0 Å². The Bertz CT molecular complexity index is 201. The fourth-order valence-corrected chi connectivity index (χ4v) is 0.682. The van der Waals surface area contributed by atoms with E-state index in [9.17, 15) is 9.59 Å². The van der Waals surface area contributed by atoms with Gasteiger partial charge in [0.2, 0.25) is 5.78 Å². The normalized spacial score (nSPS) is 17.6. The highest BCUT2D eigenvalue weighted by Gasteiger charge is 2.31. The van der Waals surface area contributed by atoms with Gasteiger partial charge in [-0.25, -0.2) is 0 Å². The Morgan fingerprint density at radius 2 is 1.69 bits per heavy atom. The molecule has 6 heteroatoms. The first kappa shape index (κ1) is 12.2. The molecule has 0 saturated carbocycles. The monoisotopic (exact) mass is 192 g/mol. The van der Waals surface area contributed by atoms with E-state index in [2.05, 4.69) is 0 Å². The molecule has 6 nitrogen and oxygen atoms in total. The maximum Gasteiger partial charge on any atom is 0.229 e. The van der Waals surface area contributed by atoms with Gasteiger partial charge in [-0.2, -0.15) is 0 Å². The Labute approximate surface area is 74.4 Å². The van der Waals surface area contributed by atoms with Crippen molar-refractivity contribution in [3.05, 3.63) is 0 Å². The van der Waals surface area contributed by atoms with Gasteiger partial charge in [0.1, 0.15) is 18.3 Å². The molecule has 0 aliphatic carbocycles. The van der Waals surface area contributed by atoms with Gasteiger partial charge in [-0.3, -0.25) is 9.59 Å². The van der Waals surface area contributed by atoms with Crippen LogP contribution in [-0.2, 0) is 9.59 Å². The lowest BCUT2D eigenvalue weighted by Gasteiger charge is -2.19. The number of carbonyl (C=O) groups excluding carboxylic acids is 2. The van der Waals surface area contributed by atoms with Crippen LogP contribution in [0, 0.1) is 0 Å². The number of carbonyl (C=O) groups is 2. The van der Waals surface area contributed by atoms with Crippen molar-refractivity contribution >= 4 is 11.6 Å². The van der Waals surface area contributed by atoms with Crippen molar-refractivity contribution < 1.29 is 30.0 Å². The zero-order valence-electron chi connectivity index (χ0n) is 7.04. The first-order valence-electron chi connectivity index (χ1n) is 3.61. The number of aliphatic hydroxyl groups is 4. The summed E-state index contributed by atoms with van der Waals surface area (Å²) in [6, 6.07) is 0. The Kier molecular flexibility index (Phi) is 4.71. The second-order valence-electron chi connectivity index (χ2n) is 2.61. The predicted molar refractivity (Wildman–Crippen MR) is 40.8 cm³/mol. The van der Waals surface area contributed by atoms with Crippen LogP contribution in [0.25, 0.3) is 0 Å². The maximum atomic E-state index is 10.8. The molecular weight excluding hydrogens is 180 g/mol. The fraction of sp³-hybridized carbons (Fsp3) is 0.714. The average Bonchev–Trinajstić information content (AvgIpc) is 2.12. The smallest absolute Gasteiger partial charge is 0.229 e. The molecule has 76 valence electrons. The Morgan fingerprint density at radius 3 is 2.00 bits per heavy atom. The van der Waals surface area contributed by atoms with Gasteiger partial charge in [-0.05, 0) is 0 Å². The minimum Gasteiger partial charge on any atom is -0.394 e. The van der Waals surface area contributed by atoms with E-state index in [0.29, 0.717) is 0 Å². The van der Waals surface area contributed by atoms with Crippen molar-refractivity contribution in [3.8, 4) is 0 Å². The largest absolute Gasteiger partial charge is 0.394 e. The second kappa shape index (κ2) is 5.03. The Balaban J connectivity index is 4.33. The minimum atomic E-state index is -1.99. The zero-order chi connectivity index (χ0) is 10.6. The molecule has 0 aliphatic rings. The van der Waals surface area contributed by atoms with Gasteiger partial charge in [0.15, 0.2) is 5.78 Å². The molecule has 0 radical (unpaired) electrons. The summed E-state index contributed by atoms with van der Waals surface area (Å²) in [4.78, 5) is 21.2. The standard InChI is InChI=1S/C7H12O6/c1-3(9)5(11)7(13)6(12)4(10)2-8/h4,6-8,10,12-13H,2H2,1H3/t4-,6-,7+/m1/s1. The van der Waals surface area contributed by atoms with Gasteiger partial charge in [0, 0.05) is 6.92 Å². The lowest BCUT2D eigenvalue weighted by atomic mass is 10.0. The molecule has 0 saturated heterocycles. The van der Waals surface area contributed by atoms with E-state index in [0.717, 1.165) is 6.92 Å². The van der Waals surface area contributed by atoms with Crippen molar-refractivity contribution in [1.82, 2.24) is 0 Å². The van der Waals surface area contributed by atoms with E-state index in [-0.39, 0.29) is 0 Å². The molecule has 0 aromatic heterocycles. The summed E-state index contributed by atoms with van der Waals surface area (Å²) in [7, 11) is 0. The number of aliphatic hydroxyl groups excluding tert-OH is 4. The molecule has 0 rings (SSSR count). The molecule has 0 aromatic rings. The molecule has 3 atom stereocenters. The molecule has 13 heavy (non-hydrogen) atoms. The molecular formula is C7H12O6. The Morgan fingerprint density at radius 1 is 1.23 bits per heavy atom. The third-order valence-electron chi connectivity index (χ3n) is 1.52. The molecule has 0 fully saturated rings. The van der Waals surface area contributed by atoms with Crippen molar-refractivity contribution in [2.24, 2.45) is 0 Å². The van der Waals surface area contributed by atoms with Crippen LogP contribution >= 0.6 is 0 Å². The van der Waals surface area contributed by atoms with Crippen molar-refractivity contribution in [1.29, 1.82) is 0 Å². The van der Waals surface area contributed by atoms with Gasteiger partial charge in [0.05, 0.1) is 6.61 Å². The topological polar surface area (TPSA) is 115 Å². The molecule has 0 bridgehead atoms. The third kappa shape index (κ3) is 3.19.